The number of hydrogen-bond acceptors (Lipinski definition) is 0. The summed E-state index contributed by atoms with van der Waals surface area (Å²) in [4.78, 5) is 0. The van der Waals surface area contributed by atoms with Crippen molar-refractivity contribution in [2.24, 2.45) is 0 Å². The summed E-state index contributed by atoms with van der Waals surface area (Å²) in [6.07, 6.45) is 7.47. The van der Waals surface area contributed by atoms with Gasteiger partial charge in [0.1, 0.15) is 0 Å². The summed E-state index contributed by atoms with van der Waals surface area (Å²) in [5, 5.41) is 8.36. The van der Waals surface area contributed by atoms with Crippen molar-refractivity contribution in [2.45, 2.75) is 16.9 Å². The third kappa shape index (κ3) is 4.49. The number of benzene rings is 2. The number of rotatable bonds is 3. The van der Waals surface area contributed by atoms with Gasteiger partial charge in [-0.15, -0.1) is 24.8 Å². The molecule has 0 nitrogen and oxygen atoms in total. The SMILES string of the molecule is Cl.Cl.[CH3][Ti]([CH3])([C]1=CC=CC1)=[Si](c1ccccc1)c1ccccc1. The molecule has 2 aromatic carbocycles. The molecule has 1 aliphatic carbocycles. The molecule has 0 saturated heterocycles. The third-order valence-corrected chi connectivity index (χ3v) is 20.4. The van der Waals surface area contributed by atoms with Gasteiger partial charge in [0.15, 0.2) is 0 Å². The minimum atomic E-state index is -2.07. The van der Waals surface area contributed by atoms with E-state index in [2.05, 4.69) is 89.3 Å². The van der Waals surface area contributed by atoms with Crippen LogP contribution in [0.1, 0.15) is 6.42 Å². The van der Waals surface area contributed by atoms with Crippen molar-refractivity contribution in [3.8, 4) is 0 Å². The third-order valence-electron chi connectivity index (χ3n) is 4.32. The molecule has 23 heavy (non-hydrogen) atoms. The number of halogens is 2. The Morgan fingerprint density at radius 3 is 1.65 bits per heavy atom. The summed E-state index contributed by atoms with van der Waals surface area (Å²) in [5.74, 6) is 0. The van der Waals surface area contributed by atoms with Gasteiger partial charge < -0.3 is 0 Å². The molecule has 0 aliphatic heterocycles. The monoisotopic (exact) mass is 397 g/mol. The molecule has 2 aromatic rings. The molecule has 3 rings (SSSR count). The molecule has 1 aliphatic rings. The molecule has 0 N–H and O–H groups in total. The van der Waals surface area contributed by atoms with Crippen LogP contribution in [0.4, 0.5) is 0 Å². The van der Waals surface area contributed by atoms with E-state index in [1.54, 1.807) is 14.3 Å². The van der Waals surface area contributed by atoms with Crippen LogP contribution >= 0.6 is 24.8 Å². The average molecular weight is 398 g/mol. The Balaban J connectivity index is 0.00000132. The van der Waals surface area contributed by atoms with E-state index in [9.17, 15) is 0 Å². The number of allylic oxidation sites excluding steroid dienone is 4. The molecule has 0 radical (unpaired) electrons. The first-order valence-corrected chi connectivity index (χ1v) is 15.3. The Labute approximate surface area is 155 Å². The van der Waals surface area contributed by atoms with E-state index in [0.717, 1.165) is 0 Å². The fourth-order valence-electron chi connectivity index (χ4n) is 3.17. The quantitative estimate of drug-likeness (QED) is 0.656. The number of hydrogen-bond donors (Lipinski definition) is 0. The molecular weight excluding hydrogens is 375 g/mol. The van der Waals surface area contributed by atoms with Crippen LogP contribution in [-0.4, -0.2) is 6.19 Å². The molecule has 0 unspecified atom stereocenters. The Bertz CT molecular complexity index is 702. The van der Waals surface area contributed by atoms with Crippen LogP contribution in [0.3, 0.4) is 0 Å². The topological polar surface area (TPSA) is 0 Å². The summed E-state index contributed by atoms with van der Waals surface area (Å²) >= 11 is -2.07. The van der Waals surface area contributed by atoms with Crippen molar-refractivity contribution >= 4 is 41.4 Å². The van der Waals surface area contributed by atoms with Crippen LogP contribution in [0.25, 0.3) is 0 Å². The zero-order valence-corrected chi connectivity index (χ0v) is 17.7. The van der Waals surface area contributed by atoms with Crippen LogP contribution in [0.5, 0.6) is 0 Å². The van der Waals surface area contributed by atoms with Crippen molar-refractivity contribution in [3.63, 3.8) is 0 Å². The van der Waals surface area contributed by atoms with Gasteiger partial charge in [0, 0.05) is 0 Å². The van der Waals surface area contributed by atoms with E-state index in [4.69, 9.17) is 0 Å². The Kier molecular flexibility index (Phi) is 8.06. The van der Waals surface area contributed by atoms with Gasteiger partial charge >= 0.3 is 132 Å². The van der Waals surface area contributed by atoms with Crippen molar-refractivity contribution in [1.29, 1.82) is 0 Å². The van der Waals surface area contributed by atoms with Crippen molar-refractivity contribution in [1.82, 2.24) is 0 Å². The van der Waals surface area contributed by atoms with E-state index in [-0.39, 0.29) is 24.8 Å². The van der Waals surface area contributed by atoms with Crippen LogP contribution < -0.4 is 10.4 Å². The summed E-state index contributed by atoms with van der Waals surface area (Å²) < 4.78 is 1.75. The maximum absolute atomic E-state index is 2.60. The molecule has 0 saturated carbocycles. The van der Waals surface area contributed by atoms with E-state index < -0.39 is 21.5 Å². The summed E-state index contributed by atoms with van der Waals surface area (Å²) in [6.45, 7) is 0. The Morgan fingerprint density at radius 1 is 0.783 bits per heavy atom. The van der Waals surface area contributed by atoms with Gasteiger partial charge in [0.25, 0.3) is 0 Å². The molecule has 0 amide bonds. The predicted octanol–water partition coefficient (Wildman–Crippen LogP) is 4.73. The molecule has 0 spiro atoms. The molecule has 0 heterocycles. The maximum atomic E-state index is 2.60. The van der Waals surface area contributed by atoms with E-state index in [1.165, 1.54) is 6.42 Å². The second kappa shape index (κ2) is 9.06. The van der Waals surface area contributed by atoms with E-state index in [1.807, 2.05) is 0 Å². The summed E-state index contributed by atoms with van der Waals surface area (Å²) in [5.41, 5.74) is 0. The van der Waals surface area contributed by atoms with Crippen LogP contribution in [0, 0.1) is 0 Å². The van der Waals surface area contributed by atoms with Crippen molar-refractivity contribution in [2.75, 3.05) is 0 Å². The summed E-state index contributed by atoms with van der Waals surface area (Å²) in [7, 11) is 0. The first kappa shape index (κ1) is 20.5. The van der Waals surface area contributed by atoms with E-state index >= 15 is 0 Å². The fourth-order valence-corrected chi connectivity index (χ4v) is 18.7. The standard InChI is InChI=1S/C12H10Si.C5H5.2CH3.2ClH.Ti/c1-3-7-11(8-4-1)13-12-9-5-2-6-10-12;1-2-4-5-3-1;;;;;/h1-10H;1-3H,4H2;2*1H3;2*1H;. The van der Waals surface area contributed by atoms with Crippen molar-refractivity contribution < 1.29 is 15.3 Å². The normalized spacial score (nSPS) is 12.9. The van der Waals surface area contributed by atoms with Crippen LogP contribution in [-0.2, 0) is 15.3 Å². The molecule has 0 fully saturated rings. The second-order valence-electron chi connectivity index (χ2n) is 6.06. The van der Waals surface area contributed by atoms with Gasteiger partial charge in [-0.05, 0) is 0 Å². The first-order chi connectivity index (χ1) is 10.2. The van der Waals surface area contributed by atoms with Crippen LogP contribution in [0.15, 0.2) is 82.8 Å². The molecule has 0 aromatic heterocycles. The van der Waals surface area contributed by atoms with Gasteiger partial charge in [0.05, 0.1) is 0 Å². The zero-order valence-electron chi connectivity index (χ0n) is 13.5. The minimum absolute atomic E-state index is 0. The van der Waals surface area contributed by atoms with E-state index in [0.29, 0.717) is 0 Å². The van der Waals surface area contributed by atoms with Gasteiger partial charge in [-0.2, -0.15) is 0 Å². The zero-order chi connectivity index (χ0) is 14.7. The Morgan fingerprint density at radius 2 is 1.26 bits per heavy atom. The van der Waals surface area contributed by atoms with Gasteiger partial charge in [-0.3, -0.25) is 0 Å². The fraction of sp³-hybridized carbons (Fsp3) is 0.158. The van der Waals surface area contributed by atoms with Crippen LogP contribution in [0.2, 0.25) is 10.5 Å². The molecule has 121 valence electrons. The predicted molar refractivity (Wildman–Crippen MR) is 106 cm³/mol. The second-order valence-corrected chi connectivity index (χ2v) is 21.5. The summed E-state index contributed by atoms with van der Waals surface area (Å²) in [6, 6.07) is 22.4. The molecule has 4 heteroatoms. The molecular formula is C19H23Cl2SiTi. The molecule has 0 atom stereocenters. The van der Waals surface area contributed by atoms with Gasteiger partial charge in [-0.1, -0.05) is 0 Å². The van der Waals surface area contributed by atoms with Gasteiger partial charge in [-0.25, -0.2) is 0 Å². The first-order valence-electron chi connectivity index (χ1n) is 7.54. The Hall–Kier alpha value is -0.569. The van der Waals surface area contributed by atoms with Gasteiger partial charge in [0.2, 0.25) is 0 Å². The molecule has 0 bridgehead atoms. The van der Waals surface area contributed by atoms with Crippen molar-refractivity contribution in [3.05, 3.63) is 82.8 Å². The average Bonchev–Trinajstić information content (AvgIpc) is 3.04.